The highest BCUT2D eigenvalue weighted by Crippen LogP contribution is 2.28. The first-order valence-electron chi connectivity index (χ1n) is 6.11. The van der Waals surface area contributed by atoms with Gasteiger partial charge in [0.15, 0.2) is 4.34 Å². The summed E-state index contributed by atoms with van der Waals surface area (Å²) in [7, 11) is 0. The zero-order chi connectivity index (χ0) is 12.1. The first kappa shape index (κ1) is 12.9. The van der Waals surface area contributed by atoms with Gasteiger partial charge in [-0.3, -0.25) is 0 Å². The van der Waals surface area contributed by atoms with Gasteiger partial charge in [-0.2, -0.15) is 0 Å². The highest BCUT2D eigenvalue weighted by molar-refractivity contribution is 8.01. The van der Waals surface area contributed by atoms with E-state index >= 15 is 0 Å². The molecule has 0 amide bonds. The minimum absolute atomic E-state index is 0.607. The maximum absolute atomic E-state index is 4.20. The van der Waals surface area contributed by atoms with E-state index in [0.29, 0.717) is 6.04 Å². The van der Waals surface area contributed by atoms with Crippen molar-refractivity contribution in [2.45, 2.75) is 49.4 Å². The molecule has 1 heterocycles. The fourth-order valence-corrected chi connectivity index (χ4v) is 3.60. The Labute approximate surface area is 111 Å². The normalized spacial score (nSPS) is 17.0. The molecule has 94 valence electrons. The van der Waals surface area contributed by atoms with Crippen LogP contribution in [0.25, 0.3) is 0 Å². The van der Waals surface area contributed by atoms with Crippen molar-refractivity contribution in [3.05, 3.63) is 12.2 Å². The molecule has 1 aliphatic rings. The van der Waals surface area contributed by atoms with Crippen molar-refractivity contribution in [2.24, 2.45) is 0 Å². The van der Waals surface area contributed by atoms with E-state index in [1.807, 2.05) is 6.92 Å². The van der Waals surface area contributed by atoms with Crippen LogP contribution in [-0.4, -0.2) is 22.0 Å². The van der Waals surface area contributed by atoms with Crippen LogP contribution in [0.3, 0.4) is 0 Å². The second-order valence-corrected chi connectivity index (χ2v) is 6.80. The Hall–Kier alpha value is -0.550. The van der Waals surface area contributed by atoms with E-state index in [0.717, 1.165) is 15.2 Å². The molecule has 3 nitrogen and oxygen atoms in total. The first-order chi connectivity index (χ1) is 8.24. The maximum atomic E-state index is 4.20. The molecule has 1 aromatic heterocycles. The van der Waals surface area contributed by atoms with Gasteiger partial charge in [0, 0.05) is 11.8 Å². The molecule has 1 N–H and O–H groups in total. The van der Waals surface area contributed by atoms with Gasteiger partial charge in [-0.15, -0.1) is 10.2 Å². The highest BCUT2D eigenvalue weighted by atomic mass is 32.2. The fourth-order valence-electron chi connectivity index (χ4n) is 1.93. The summed E-state index contributed by atoms with van der Waals surface area (Å²) in [5.74, 6) is 0.929. The number of rotatable bonds is 5. The molecular weight excluding hydrogens is 250 g/mol. The number of thioether (sulfide) groups is 1. The zero-order valence-corrected chi connectivity index (χ0v) is 11.9. The lowest BCUT2D eigenvalue weighted by Crippen LogP contribution is -2.21. The summed E-state index contributed by atoms with van der Waals surface area (Å²) in [4.78, 5) is 0. The summed E-state index contributed by atoms with van der Waals surface area (Å²) < 4.78 is 1.03. The number of nitrogens with zero attached hydrogens (tertiary/aromatic N) is 2. The molecular formula is C12H19N3S2. The topological polar surface area (TPSA) is 37.8 Å². The van der Waals surface area contributed by atoms with Gasteiger partial charge in [0.25, 0.3) is 0 Å². The predicted octanol–water partition coefficient (Wildman–Crippen LogP) is 3.95. The molecule has 2 rings (SSSR count). The molecule has 0 saturated heterocycles. The summed E-state index contributed by atoms with van der Waals surface area (Å²) in [6.45, 7) is 5.93. The van der Waals surface area contributed by atoms with Gasteiger partial charge in [0.2, 0.25) is 5.13 Å². The van der Waals surface area contributed by atoms with Gasteiger partial charge in [-0.1, -0.05) is 54.5 Å². The third-order valence-corrected chi connectivity index (χ3v) is 5.00. The van der Waals surface area contributed by atoms with Crippen molar-refractivity contribution in [2.75, 3.05) is 11.1 Å². The Bertz CT molecular complexity index is 370. The van der Waals surface area contributed by atoms with Crippen LogP contribution in [0.1, 0.15) is 39.0 Å². The summed E-state index contributed by atoms with van der Waals surface area (Å²) >= 11 is 3.37. The van der Waals surface area contributed by atoms with Gasteiger partial charge in [0.05, 0.1) is 0 Å². The Morgan fingerprint density at radius 3 is 2.88 bits per heavy atom. The van der Waals surface area contributed by atoms with Crippen molar-refractivity contribution in [3.63, 3.8) is 0 Å². The van der Waals surface area contributed by atoms with Gasteiger partial charge < -0.3 is 5.32 Å². The summed E-state index contributed by atoms with van der Waals surface area (Å²) in [5, 5.41) is 12.8. The molecule has 1 aliphatic carbocycles. The van der Waals surface area contributed by atoms with Crippen LogP contribution < -0.4 is 5.32 Å². The lowest BCUT2D eigenvalue weighted by Gasteiger charge is -2.21. The molecule has 1 aromatic rings. The number of nitrogens with one attached hydrogen (secondary N) is 1. The standard InChI is InChI=1S/C12H19N3S2/c1-9(2)8-16-12-15-14-11(17-12)13-10-6-4-3-5-7-10/h10H,1,3-8H2,2H3,(H,13,14). The summed E-state index contributed by atoms with van der Waals surface area (Å²) in [5.41, 5.74) is 1.17. The summed E-state index contributed by atoms with van der Waals surface area (Å²) in [6, 6.07) is 0.607. The van der Waals surface area contributed by atoms with E-state index in [-0.39, 0.29) is 0 Å². The number of anilines is 1. The first-order valence-corrected chi connectivity index (χ1v) is 7.91. The van der Waals surface area contributed by atoms with Crippen LogP contribution in [-0.2, 0) is 0 Å². The second-order valence-electron chi connectivity index (χ2n) is 4.60. The Morgan fingerprint density at radius 2 is 2.18 bits per heavy atom. The largest absolute Gasteiger partial charge is 0.357 e. The second kappa shape index (κ2) is 6.40. The quantitative estimate of drug-likeness (QED) is 0.649. The van der Waals surface area contributed by atoms with Crippen molar-refractivity contribution in [1.82, 2.24) is 10.2 Å². The molecule has 0 unspecified atom stereocenters. The van der Waals surface area contributed by atoms with Crippen molar-refractivity contribution in [1.29, 1.82) is 0 Å². The highest BCUT2D eigenvalue weighted by Gasteiger charge is 2.15. The van der Waals surface area contributed by atoms with Crippen LogP contribution in [0.2, 0.25) is 0 Å². The van der Waals surface area contributed by atoms with Crippen LogP contribution in [0.15, 0.2) is 16.5 Å². The number of hydrogen-bond acceptors (Lipinski definition) is 5. The van der Waals surface area contributed by atoms with Gasteiger partial charge in [-0.05, 0) is 19.8 Å². The molecule has 5 heteroatoms. The Morgan fingerprint density at radius 1 is 1.41 bits per heavy atom. The molecule has 0 aliphatic heterocycles. The molecule has 0 atom stereocenters. The molecule has 0 spiro atoms. The Balaban J connectivity index is 1.82. The predicted molar refractivity (Wildman–Crippen MR) is 75.9 cm³/mol. The third kappa shape index (κ3) is 4.32. The lowest BCUT2D eigenvalue weighted by atomic mass is 9.96. The van der Waals surface area contributed by atoms with Crippen molar-refractivity contribution in [3.8, 4) is 0 Å². The van der Waals surface area contributed by atoms with E-state index in [4.69, 9.17) is 0 Å². The molecule has 0 radical (unpaired) electrons. The monoisotopic (exact) mass is 269 g/mol. The SMILES string of the molecule is C=C(C)CSc1nnc(NC2CCCCC2)s1. The van der Waals surface area contributed by atoms with Crippen LogP contribution >= 0.6 is 23.1 Å². The summed E-state index contributed by atoms with van der Waals surface area (Å²) in [6.07, 6.45) is 6.61. The molecule has 0 aromatic carbocycles. The van der Waals surface area contributed by atoms with Crippen molar-refractivity contribution < 1.29 is 0 Å². The van der Waals surface area contributed by atoms with Crippen molar-refractivity contribution >= 4 is 28.2 Å². The molecule has 1 saturated carbocycles. The smallest absolute Gasteiger partial charge is 0.206 e. The third-order valence-electron chi connectivity index (χ3n) is 2.78. The minimum atomic E-state index is 0.607. The van der Waals surface area contributed by atoms with E-state index in [9.17, 15) is 0 Å². The Kier molecular flexibility index (Phi) is 4.86. The van der Waals surface area contributed by atoms with Gasteiger partial charge in [-0.25, -0.2) is 0 Å². The van der Waals surface area contributed by atoms with Gasteiger partial charge in [0.1, 0.15) is 0 Å². The van der Waals surface area contributed by atoms with E-state index in [1.54, 1.807) is 23.1 Å². The van der Waals surface area contributed by atoms with Crippen LogP contribution in [0.5, 0.6) is 0 Å². The van der Waals surface area contributed by atoms with E-state index < -0.39 is 0 Å². The van der Waals surface area contributed by atoms with E-state index in [1.165, 1.54) is 37.7 Å². The lowest BCUT2D eigenvalue weighted by molar-refractivity contribution is 0.462. The number of hydrogen-bond donors (Lipinski definition) is 1. The average Bonchev–Trinajstić information content (AvgIpc) is 2.75. The molecule has 17 heavy (non-hydrogen) atoms. The van der Waals surface area contributed by atoms with E-state index in [2.05, 4.69) is 22.1 Å². The molecule has 1 fully saturated rings. The van der Waals surface area contributed by atoms with Crippen LogP contribution in [0.4, 0.5) is 5.13 Å². The molecule has 0 bridgehead atoms. The number of aromatic nitrogens is 2. The minimum Gasteiger partial charge on any atom is -0.357 e. The van der Waals surface area contributed by atoms with Gasteiger partial charge >= 0.3 is 0 Å². The average molecular weight is 269 g/mol. The van der Waals surface area contributed by atoms with Crippen LogP contribution in [0, 0.1) is 0 Å². The zero-order valence-electron chi connectivity index (χ0n) is 10.2. The fraction of sp³-hybridized carbons (Fsp3) is 0.667. The maximum Gasteiger partial charge on any atom is 0.206 e.